The number of aliphatic hydroxyl groups is 1. The maximum atomic E-state index is 13.0. The third kappa shape index (κ3) is 9.42. The second-order valence-corrected chi connectivity index (χ2v) is 7.56. The Balaban J connectivity index is 0.00000450. The lowest BCUT2D eigenvalue weighted by atomic mass is 9.94. The molecular weight excluding hydrogens is 498 g/mol. The van der Waals surface area contributed by atoms with Crippen LogP contribution in [-0.2, 0) is 6.42 Å². The van der Waals surface area contributed by atoms with E-state index in [2.05, 4.69) is 34.5 Å². The van der Waals surface area contributed by atoms with Crippen molar-refractivity contribution < 1.29 is 13.9 Å². The van der Waals surface area contributed by atoms with Crippen molar-refractivity contribution in [1.82, 2.24) is 15.6 Å². The molecule has 1 heterocycles. The first kappa shape index (κ1) is 26.4. The van der Waals surface area contributed by atoms with Crippen LogP contribution in [0.25, 0.3) is 11.5 Å². The summed E-state index contributed by atoms with van der Waals surface area (Å²) in [6.07, 6.45) is 4.13. The molecule has 0 saturated heterocycles. The van der Waals surface area contributed by atoms with Gasteiger partial charge >= 0.3 is 0 Å². The normalized spacial score (nSPS) is 12.5. The van der Waals surface area contributed by atoms with E-state index in [9.17, 15) is 9.50 Å². The minimum atomic E-state index is -0.283. The zero-order chi connectivity index (χ0) is 21.1. The minimum Gasteiger partial charge on any atom is -0.444 e. The van der Waals surface area contributed by atoms with Crippen molar-refractivity contribution in [1.29, 1.82) is 0 Å². The average Bonchev–Trinajstić information content (AvgIpc) is 3.15. The standard InChI is InChI=1S/C22H33FN4O2.HI/c1-4-24-22(26-14-17(10-12-28)13-16(2)3)25-11-9-20-15-29-21(27-20)18-5-7-19(23)8-6-18;/h5-8,15-17,28H,4,9-14H2,1-3H3,(H2,24,25,26);1H. The van der Waals surface area contributed by atoms with Crippen LogP contribution < -0.4 is 10.6 Å². The lowest BCUT2D eigenvalue weighted by Gasteiger charge is -2.17. The Labute approximate surface area is 195 Å². The van der Waals surface area contributed by atoms with E-state index < -0.39 is 0 Å². The van der Waals surface area contributed by atoms with E-state index in [4.69, 9.17) is 4.42 Å². The molecule has 2 aromatic rings. The van der Waals surface area contributed by atoms with Crippen molar-refractivity contribution in [3.05, 3.63) is 42.0 Å². The molecular formula is C22H34FIN4O2. The maximum absolute atomic E-state index is 13.0. The molecule has 2 rings (SSSR count). The highest BCUT2D eigenvalue weighted by molar-refractivity contribution is 14.0. The van der Waals surface area contributed by atoms with Gasteiger partial charge in [0.05, 0.1) is 5.69 Å². The van der Waals surface area contributed by atoms with Crippen LogP contribution in [0.4, 0.5) is 4.39 Å². The van der Waals surface area contributed by atoms with E-state index in [0.717, 1.165) is 36.6 Å². The summed E-state index contributed by atoms with van der Waals surface area (Å²) in [6, 6.07) is 6.09. The van der Waals surface area contributed by atoms with Crippen LogP contribution in [0, 0.1) is 17.7 Å². The summed E-state index contributed by atoms with van der Waals surface area (Å²) in [5.41, 5.74) is 1.58. The van der Waals surface area contributed by atoms with Gasteiger partial charge in [-0.3, -0.25) is 4.99 Å². The third-order valence-corrected chi connectivity index (χ3v) is 4.51. The van der Waals surface area contributed by atoms with Crippen molar-refractivity contribution in [2.24, 2.45) is 16.8 Å². The third-order valence-electron chi connectivity index (χ3n) is 4.51. The zero-order valence-corrected chi connectivity index (χ0v) is 20.4. The Bertz CT molecular complexity index is 750. The molecule has 8 heteroatoms. The fraction of sp³-hybridized carbons (Fsp3) is 0.545. The van der Waals surface area contributed by atoms with Gasteiger partial charge in [-0.2, -0.15) is 0 Å². The van der Waals surface area contributed by atoms with E-state index in [-0.39, 0.29) is 36.4 Å². The minimum absolute atomic E-state index is 0. The summed E-state index contributed by atoms with van der Waals surface area (Å²) in [5, 5.41) is 15.8. The Morgan fingerprint density at radius 2 is 1.97 bits per heavy atom. The van der Waals surface area contributed by atoms with Gasteiger partial charge in [0.25, 0.3) is 0 Å². The highest BCUT2D eigenvalue weighted by Gasteiger charge is 2.11. The summed E-state index contributed by atoms with van der Waals surface area (Å²) in [6.45, 7) is 8.73. The summed E-state index contributed by atoms with van der Waals surface area (Å²) in [4.78, 5) is 9.15. The number of guanidine groups is 1. The fourth-order valence-corrected chi connectivity index (χ4v) is 3.15. The van der Waals surface area contributed by atoms with Gasteiger partial charge in [-0.15, -0.1) is 24.0 Å². The Morgan fingerprint density at radius 1 is 1.23 bits per heavy atom. The van der Waals surface area contributed by atoms with Crippen molar-refractivity contribution >= 4 is 29.9 Å². The second-order valence-electron chi connectivity index (χ2n) is 7.56. The van der Waals surface area contributed by atoms with Crippen LogP contribution in [-0.4, -0.2) is 42.3 Å². The molecule has 0 fully saturated rings. The average molecular weight is 532 g/mol. The van der Waals surface area contributed by atoms with E-state index >= 15 is 0 Å². The number of hydrogen-bond acceptors (Lipinski definition) is 4. The summed E-state index contributed by atoms with van der Waals surface area (Å²) < 4.78 is 18.5. The largest absolute Gasteiger partial charge is 0.444 e. The topological polar surface area (TPSA) is 82.7 Å². The SMILES string of the molecule is CCNC(=NCC(CCO)CC(C)C)NCCc1coc(-c2ccc(F)cc2)n1.I. The van der Waals surface area contributed by atoms with E-state index in [1.54, 1.807) is 18.4 Å². The van der Waals surface area contributed by atoms with Gasteiger partial charge in [-0.05, 0) is 55.9 Å². The predicted octanol–water partition coefficient (Wildman–Crippen LogP) is 4.24. The molecule has 168 valence electrons. The molecule has 1 atom stereocenters. The number of rotatable bonds is 11. The highest BCUT2D eigenvalue weighted by Crippen LogP contribution is 2.19. The molecule has 0 spiro atoms. The molecule has 30 heavy (non-hydrogen) atoms. The lowest BCUT2D eigenvalue weighted by molar-refractivity contribution is 0.245. The van der Waals surface area contributed by atoms with E-state index in [1.165, 1.54) is 12.1 Å². The molecule has 1 aromatic carbocycles. The predicted molar refractivity (Wildman–Crippen MR) is 130 cm³/mol. The highest BCUT2D eigenvalue weighted by atomic mass is 127. The van der Waals surface area contributed by atoms with Gasteiger partial charge < -0.3 is 20.2 Å². The Morgan fingerprint density at radius 3 is 2.60 bits per heavy atom. The summed E-state index contributed by atoms with van der Waals surface area (Å²) in [5.74, 6) is 1.93. The number of nitrogens with zero attached hydrogens (tertiary/aromatic N) is 2. The number of benzene rings is 1. The molecule has 0 aliphatic carbocycles. The number of aliphatic imine (C=N–C) groups is 1. The van der Waals surface area contributed by atoms with Crippen LogP contribution in [0.5, 0.6) is 0 Å². The number of nitrogens with one attached hydrogen (secondary N) is 2. The van der Waals surface area contributed by atoms with Crippen LogP contribution in [0.2, 0.25) is 0 Å². The second kappa shape index (κ2) is 14.3. The van der Waals surface area contributed by atoms with Crippen LogP contribution >= 0.6 is 24.0 Å². The van der Waals surface area contributed by atoms with Crippen molar-refractivity contribution in [2.75, 3.05) is 26.2 Å². The first-order valence-corrected chi connectivity index (χ1v) is 10.3. The van der Waals surface area contributed by atoms with Gasteiger partial charge in [0, 0.05) is 38.2 Å². The van der Waals surface area contributed by atoms with Gasteiger partial charge in [-0.1, -0.05) is 13.8 Å². The summed E-state index contributed by atoms with van der Waals surface area (Å²) in [7, 11) is 0. The number of aliphatic hydroxyl groups excluding tert-OH is 1. The van der Waals surface area contributed by atoms with Crippen LogP contribution in [0.1, 0.15) is 39.3 Å². The molecule has 0 radical (unpaired) electrons. The molecule has 6 nitrogen and oxygen atoms in total. The van der Waals surface area contributed by atoms with Gasteiger partial charge in [-0.25, -0.2) is 9.37 Å². The van der Waals surface area contributed by atoms with Crippen molar-refractivity contribution in [2.45, 2.75) is 40.0 Å². The number of halogens is 2. The number of oxazole rings is 1. The first-order valence-electron chi connectivity index (χ1n) is 10.3. The number of aromatic nitrogens is 1. The van der Waals surface area contributed by atoms with Crippen LogP contribution in [0.15, 0.2) is 39.9 Å². The molecule has 3 N–H and O–H groups in total. The Hall–Kier alpha value is -1.68. The Kier molecular flexibility index (Phi) is 12.6. The lowest BCUT2D eigenvalue weighted by Crippen LogP contribution is -2.38. The molecule has 1 unspecified atom stereocenters. The van der Waals surface area contributed by atoms with Gasteiger partial charge in [0.2, 0.25) is 5.89 Å². The monoisotopic (exact) mass is 532 g/mol. The van der Waals surface area contributed by atoms with Gasteiger partial charge in [0.1, 0.15) is 12.1 Å². The molecule has 1 aromatic heterocycles. The van der Waals surface area contributed by atoms with Gasteiger partial charge in [0.15, 0.2) is 5.96 Å². The van der Waals surface area contributed by atoms with E-state index in [1.807, 2.05) is 6.92 Å². The first-order chi connectivity index (χ1) is 14.0. The van der Waals surface area contributed by atoms with Crippen molar-refractivity contribution in [3.63, 3.8) is 0 Å². The smallest absolute Gasteiger partial charge is 0.226 e. The summed E-state index contributed by atoms with van der Waals surface area (Å²) >= 11 is 0. The van der Waals surface area contributed by atoms with Crippen LogP contribution in [0.3, 0.4) is 0 Å². The van der Waals surface area contributed by atoms with Crippen molar-refractivity contribution in [3.8, 4) is 11.5 Å². The maximum Gasteiger partial charge on any atom is 0.226 e. The molecule has 0 aliphatic heterocycles. The number of hydrogen-bond donors (Lipinski definition) is 3. The molecule has 0 saturated carbocycles. The molecule has 0 aliphatic rings. The quantitative estimate of drug-likeness (QED) is 0.229. The molecule has 0 bridgehead atoms. The molecule has 0 amide bonds. The fourth-order valence-electron chi connectivity index (χ4n) is 3.15. The zero-order valence-electron chi connectivity index (χ0n) is 18.0. The van der Waals surface area contributed by atoms with E-state index in [0.29, 0.717) is 37.2 Å².